The lowest BCUT2D eigenvalue weighted by Crippen LogP contribution is -2.48. The molecule has 4 atom stereocenters. The lowest BCUT2D eigenvalue weighted by atomic mass is 9.96. The fraction of sp³-hybridized carbons (Fsp3) is 0.552. The van der Waals surface area contributed by atoms with E-state index >= 15 is 0 Å². The molecule has 4 rings (SSSR count). The molecule has 1 aromatic rings. The van der Waals surface area contributed by atoms with E-state index in [9.17, 15) is 14.4 Å². The first kappa shape index (κ1) is 26.8. The Labute approximate surface area is 219 Å². The summed E-state index contributed by atoms with van der Waals surface area (Å²) in [5.74, 6) is 0.387. The van der Waals surface area contributed by atoms with Crippen LogP contribution in [0, 0.1) is 5.92 Å². The molecule has 8 nitrogen and oxygen atoms in total. The molecule has 0 saturated carbocycles. The second-order valence-electron chi connectivity index (χ2n) is 11.2. The third-order valence-electron chi connectivity index (χ3n) is 7.21. The molecule has 3 aliphatic heterocycles. The predicted octanol–water partition coefficient (Wildman–Crippen LogP) is 3.53. The minimum Gasteiger partial charge on any atom is -0.490 e. The van der Waals surface area contributed by atoms with Gasteiger partial charge in [0, 0.05) is 30.9 Å². The lowest BCUT2D eigenvalue weighted by Gasteiger charge is -2.37. The maximum atomic E-state index is 13.2. The fourth-order valence-electron chi connectivity index (χ4n) is 5.34. The predicted molar refractivity (Wildman–Crippen MR) is 140 cm³/mol. The molecule has 0 aromatic heterocycles. The van der Waals surface area contributed by atoms with Gasteiger partial charge in [0.2, 0.25) is 5.91 Å². The largest absolute Gasteiger partial charge is 0.490 e. The van der Waals surface area contributed by atoms with Crippen LogP contribution >= 0.6 is 0 Å². The maximum absolute atomic E-state index is 13.2. The van der Waals surface area contributed by atoms with Gasteiger partial charge in [0.1, 0.15) is 18.0 Å². The van der Waals surface area contributed by atoms with Crippen LogP contribution in [0.2, 0.25) is 0 Å². The molecule has 0 radical (unpaired) electrons. The average molecular weight is 510 g/mol. The first-order valence-corrected chi connectivity index (χ1v) is 13.2. The van der Waals surface area contributed by atoms with Crippen molar-refractivity contribution >= 4 is 17.8 Å². The fourth-order valence-corrected chi connectivity index (χ4v) is 5.34. The molecule has 1 fully saturated rings. The number of benzene rings is 1. The summed E-state index contributed by atoms with van der Waals surface area (Å²) in [6.45, 7) is 11.8. The minimum atomic E-state index is -0.438. The number of hydrogen-bond acceptors (Lipinski definition) is 6. The smallest absolute Gasteiger partial charge is 0.308 e. The van der Waals surface area contributed by atoms with Gasteiger partial charge in [-0.05, 0) is 38.7 Å². The second kappa shape index (κ2) is 11.0. The van der Waals surface area contributed by atoms with Crippen LogP contribution in [0.4, 0.5) is 0 Å². The zero-order chi connectivity index (χ0) is 26.7. The van der Waals surface area contributed by atoms with Gasteiger partial charge in [-0.1, -0.05) is 50.6 Å². The highest BCUT2D eigenvalue weighted by Crippen LogP contribution is 2.36. The first-order chi connectivity index (χ1) is 17.6. The molecule has 200 valence electrons. The van der Waals surface area contributed by atoms with Gasteiger partial charge in [0.15, 0.2) is 0 Å². The van der Waals surface area contributed by atoms with E-state index in [0.29, 0.717) is 13.1 Å². The number of amides is 2. The molecule has 2 amide bonds. The van der Waals surface area contributed by atoms with Crippen molar-refractivity contribution in [1.29, 1.82) is 0 Å². The topological polar surface area (TPSA) is 88.2 Å². The summed E-state index contributed by atoms with van der Waals surface area (Å²) >= 11 is 0. The number of ether oxygens (including phenoxy) is 2. The monoisotopic (exact) mass is 509 g/mol. The highest BCUT2D eigenvalue weighted by atomic mass is 16.5. The summed E-state index contributed by atoms with van der Waals surface area (Å²) in [5.41, 5.74) is 1.31. The van der Waals surface area contributed by atoms with Crippen molar-refractivity contribution in [2.75, 3.05) is 13.1 Å². The van der Waals surface area contributed by atoms with Crippen LogP contribution in [0.5, 0.6) is 0 Å². The van der Waals surface area contributed by atoms with E-state index in [1.165, 1.54) is 0 Å². The average Bonchev–Trinajstić information content (AvgIpc) is 3.53. The highest BCUT2D eigenvalue weighted by Gasteiger charge is 2.45. The Kier molecular flexibility index (Phi) is 7.95. The lowest BCUT2D eigenvalue weighted by molar-refractivity contribution is -0.145. The molecule has 3 aliphatic rings. The van der Waals surface area contributed by atoms with Crippen molar-refractivity contribution in [2.24, 2.45) is 5.92 Å². The Morgan fingerprint density at radius 2 is 1.89 bits per heavy atom. The summed E-state index contributed by atoms with van der Waals surface area (Å²) in [5, 5.41) is 2.89. The number of esters is 1. The van der Waals surface area contributed by atoms with Crippen molar-refractivity contribution in [3.63, 3.8) is 0 Å². The van der Waals surface area contributed by atoms with Gasteiger partial charge in [0.05, 0.1) is 24.5 Å². The highest BCUT2D eigenvalue weighted by molar-refractivity contribution is 5.93. The quantitative estimate of drug-likeness (QED) is 0.513. The van der Waals surface area contributed by atoms with E-state index in [1.54, 1.807) is 12.2 Å². The Morgan fingerprint density at radius 1 is 1.16 bits per heavy atom. The first-order valence-electron chi connectivity index (χ1n) is 13.2. The number of carbonyl (C=O) groups is 3. The molecule has 0 bridgehead atoms. The van der Waals surface area contributed by atoms with Crippen LogP contribution in [-0.4, -0.2) is 64.4 Å². The number of nitrogens with one attached hydrogen (secondary N) is 1. The molecule has 1 N–H and O–H groups in total. The Bertz CT molecular complexity index is 1070. The van der Waals surface area contributed by atoms with E-state index in [1.807, 2.05) is 56.0 Å². The van der Waals surface area contributed by atoms with Crippen molar-refractivity contribution in [3.05, 3.63) is 59.5 Å². The molecule has 3 unspecified atom stereocenters. The van der Waals surface area contributed by atoms with Crippen molar-refractivity contribution < 1.29 is 23.9 Å². The zero-order valence-electron chi connectivity index (χ0n) is 22.5. The maximum Gasteiger partial charge on any atom is 0.308 e. The summed E-state index contributed by atoms with van der Waals surface area (Å²) in [6, 6.07) is 8.96. The van der Waals surface area contributed by atoms with Gasteiger partial charge < -0.3 is 24.6 Å². The number of hydrogen-bond donors (Lipinski definition) is 1. The van der Waals surface area contributed by atoms with Crippen LogP contribution in [0.15, 0.2) is 53.9 Å². The summed E-state index contributed by atoms with van der Waals surface area (Å²) < 4.78 is 11.7. The SMILES string of the molecule is CC[C@H](C)C1C(OC(C)(C)C)=CC(=O)N1C1CCN(C2=CC(=O)NC2CC(=O)OCc2ccccc2)C1. The zero-order valence-corrected chi connectivity index (χ0v) is 22.5. The van der Waals surface area contributed by atoms with E-state index in [0.717, 1.165) is 29.9 Å². The molecule has 37 heavy (non-hydrogen) atoms. The van der Waals surface area contributed by atoms with Gasteiger partial charge in [0.25, 0.3) is 5.91 Å². The van der Waals surface area contributed by atoms with Gasteiger partial charge in [-0.3, -0.25) is 14.4 Å². The molecule has 0 aliphatic carbocycles. The molecule has 8 heteroatoms. The third kappa shape index (κ3) is 6.35. The third-order valence-corrected chi connectivity index (χ3v) is 7.21. The van der Waals surface area contributed by atoms with E-state index in [4.69, 9.17) is 9.47 Å². The van der Waals surface area contributed by atoms with Crippen molar-refractivity contribution in [3.8, 4) is 0 Å². The Morgan fingerprint density at radius 3 is 2.57 bits per heavy atom. The molecule has 0 spiro atoms. The summed E-state index contributed by atoms with van der Waals surface area (Å²) in [6.07, 6.45) is 4.99. The Hall–Kier alpha value is -3.29. The molecule has 1 saturated heterocycles. The minimum absolute atomic E-state index is 0.00824. The Balaban J connectivity index is 1.41. The van der Waals surface area contributed by atoms with Crippen LogP contribution in [0.1, 0.15) is 59.4 Å². The molecular formula is C29H39N3O5. The number of nitrogens with zero attached hydrogens (tertiary/aromatic N) is 2. The van der Waals surface area contributed by atoms with Crippen LogP contribution in [0.25, 0.3) is 0 Å². The van der Waals surface area contributed by atoms with Crippen LogP contribution < -0.4 is 5.32 Å². The molecular weight excluding hydrogens is 470 g/mol. The number of rotatable bonds is 9. The van der Waals surface area contributed by atoms with Gasteiger partial charge in [-0.25, -0.2) is 0 Å². The number of carbonyl (C=O) groups excluding carboxylic acids is 3. The van der Waals surface area contributed by atoms with Gasteiger partial charge >= 0.3 is 5.97 Å². The van der Waals surface area contributed by atoms with E-state index in [-0.39, 0.29) is 48.8 Å². The van der Waals surface area contributed by atoms with Crippen molar-refractivity contribution in [2.45, 2.75) is 84.2 Å². The normalized spacial score (nSPS) is 24.6. The van der Waals surface area contributed by atoms with Gasteiger partial charge in [-0.15, -0.1) is 0 Å². The molecule has 3 heterocycles. The van der Waals surface area contributed by atoms with Gasteiger partial charge in [-0.2, -0.15) is 0 Å². The van der Waals surface area contributed by atoms with Crippen LogP contribution in [-0.2, 0) is 30.5 Å². The van der Waals surface area contributed by atoms with Crippen molar-refractivity contribution in [1.82, 2.24) is 15.1 Å². The molecule has 1 aromatic carbocycles. The number of likely N-dealkylation sites (tertiary alicyclic amines) is 1. The summed E-state index contributed by atoms with van der Waals surface area (Å²) in [7, 11) is 0. The summed E-state index contributed by atoms with van der Waals surface area (Å²) in [4.78, 5) is 42.1. The van der Waals surface area contributed by atoms with E-state index < -0.39 is 11.6 Å². The standard InChI is InChI=1S/C29H39N3O5/c1-6-19(2)28-24(37-29(3,4)5)16-26(34)32(28)21-12-13-31(17-21)23-15-25(33)30-22(23)14-27(35)36-18-20-10-8-7-9-11-20/h7-11,15-16,19,21-22,28H,6,12-14,17-18H2,1-5H3,(H,30,33)/t19-,21?,22?,28?/m0/s1. The van der Waals surface area contributed by atoms with Crippen LogP contribution in [0.3, 0.4) is 0 Å². The van der Waals surface area contributed by atoms with E-state index in [2.05, 4.69) is 24.1 Å². The second-order valence-corrected chi connectivity index (χ2v) is 11.2.